The molecular weight excluding hydrogens is 434 g/mol. The fraction of sp³-hybridized carbons (Fsp3) is 0.158. The van der Waals surface area contributed by atoms with Crippen molar-refractivity contribution < 1.29 is 30.1 Å². The second-order valence-electron chi connectivity index (χ2n) is 6.37. The van der Waals surface area contributed by atoms with E-state index in [2.05, 4.69) is 0 Å². The fourth-order valence-corrected chi connectivity index (χ4v) is 4.92. The standard InChI is InChI=1S/C19H17NO8S2/c21-20(22)19(28-29(23,24)15-16-7-3-1-4-8-16)13-11-17(12-14-19)27-30(25,26)18-9-5-2-6-10-18/h1-13H,14-15H2. The molecule has 0 radical (unpaired) electrons. The Morgan fingerprint density at radius 2 is 1.57 bits per heavy atom. The number of rotatable bonds is 8. The highest BCUT2D eigenvalue weighted by atomic mass is 32.2. The van der Waals surface area contributed by atoms with Crippen LogP contribution in [0, 0.1) is 10.1 Å². The lowest BCUT2D eigenvalue weighted by Crippen LogP contribution is -2.42. The zero-order chi connectivity index (χ0) is 21.8. The van der Waals surface area contributed by atoms with Gasteiger partial charge in [-0.2, -0.15) is 21.0 Å². The van der Waals surface area contributed by atoms with Gasteiger partial charge < -0.3 is 4.18 Å². The van der Waals surface area contributed by atoms with E-state index in [1.54, 1.807) is 36.4 Å². The first-order chi connectivity index (χ1) is 14.1. The monoisotopic (exact) mass is 451 g/mol. The van der Waals surface area contributed by atoms with Gasteiger partial charge in [-0.05, 0) is 29.8 Å². The van der Waals surface area contributed by atoms with E-state index in [1.807, 2.05) is 0 Å². The van der Waals surface area contributed by atoms with Crippen LogP contribution in [0.1, 0.15) is 12.0 Å². The first kappa shape index (κ1) is 21.7. The zero-order valence-corrected chi connectivity index (χ0v) is 17.1. The van der Waals surface area contributed by atoms with E-state index < -0.39 is 43.1 Å². The molecule has 1 atom stereocenters. The van der Waals surface area contributed by atoms with Crippen LogP contribution < -0.4 is 0 Å². The van der Waals surface area contributed by atoms with Crippen molar-refractivity contribution in [3.63, 3.8) is 0 Å². The maximum atomic E-state index is 12.4. The highest BCUT2D eigenvalue weighted by Crippen LogP contribution is 2.30. The van der Waals surface area contributed by atoms with Gasteiger partial charge in [0, 0.05) is 6.08 Å². The predicted molar refractivity (Wildman–Crippen MR) is 106 cm³/mol. The zero-order valence-electron chi connectivity index (χ0n) is 15.4. The molecule has 0 saturated carbocycles. The summed E-state index contributed by atoms with van der Waals surface area (Å²) in [6.07, 6.45) is 2.43. The third-order valence-electron chi connectivity index (χ3n) is 4.11. The summed E-state index contributed by atoms with van der Waals surface area (Å²) in [5.41, 5.74) is -1.99. The van der Waals surface area contributed by atoms with Crippen LogP contribution in [0.4, 0.5) is 0 Å². The first-order valence-electron chi connectivity index (χ1n) is 8.63. The van der Waals surface area contributed by atoms with Gasteiger partial charge in [0.2, 0.25) is 0 Å². The minimum Gasteiger partial charge on any atom is -0.379 e. The topological polar surface area (TPSA) is 130 Å². The molecule has 0 amide bonds. The van der Waals surface area contributed by atoms with Crippen LogP contribution in [0.25, 0.3) is 0 Å². The Bertz CT molecular complexity index is 1190. The van der Waals surface area contributed by atoms with E-state index in [-0.39, 0.29) is 10.7 Å². The van der Waals surface area contributed by atoms with Crippen molar-refractivity contribution in [2.45, 2.75) is 22.8 Å². The summed E-state index contributed by atoms with van der Waals surface area (Å²) in [6, 6.07) is 15.4. The van der Waals surface area contributed by atoms with Crippen molar-refractivity contribution in [3.05, 3.63) is 100 Å². The Morgan fingerprint density at radius 3 is 2.10 bits per heavy atom. The lowest BCUT2D eigenvalue weighted by atomic mass is 10.1. The molecule has 11 heteroatoms. The van der Waals surface area contributed by atoms with Gasteiger partial charge in [0.15, 0.2) is 0 Å². The third kappa shape index (κ3) is 5.12. The Labute approximate surface area is 173 Å². The number of allylic oxidation sites excluding steroid dienone is 1. The Balaban J connectivity index is 1.76. The minimum atomic E-state index is -4.31. The normalized spacial score (nSPS) is 19.1. The molecule has 158 valence electrons. The van der Waals surface area contributed by atoms with E-state index in [9.17, 15) is 26.9 Å². The molecule has 1 unspecified atom stereocenters. The lowest BCUT2D eigenvalue weighted by Gasteiger charge is -2.23. The minimum absolute atomic E-state index is 0.0906. The quantitative estimate of drug-likeness (QED) is 0.259. The van der Waals surface area contributed by atoms with Gasteiger partial charge in [0.25, 0.3) is 10.1 Å². The number of nitro groups is 1. The van der Waals surface area contributed by atoms with Crippen molar-refractivity contribution in [3.8, 4) is 0 Å². The predicted octanol–water partition coefficient (Wildman–Crippen LogP) is 2.76. The average molecular weight is 451 g/mol. The van der Waals surface area contributed by atoms with Crippen LogP contribution in [0.15, 0.2) is 89.5 Å². The molecule has 30 heavy (non-hydrogen) atoms. The molecule has 2 aromatic rings. The van der Waals surface area contributed by atoms with Crippen LogP contribution in [0.5, 0.6) is 0 Å². The maximum Gasteiger partial charge on any atom is 0.362 e. The molecule has 0 saturated heterocycles. The fourth-order valence-electron chi connectivity index (χ4n) is 2.67. The van der Waals surface area contributed by atoms with E-state index in [0.29, 0.717) is 5.56 Å². The second-order valence-corrected chi connectivity index (χ2v) is 9.48. The molecule has 0 aromatic heterocycles. The van der Waals surface area contributed by atoms with E-state index in [4.69, 9.17) is 8.37 Å². The average Bonchev–Trinajstić information content (AvgIpc) is 2.70. The van der Waals surface area contributed by atoms with Crippen molar-refractivity contribution in [1.29, 1.82) is 0 Å². The maximum absolute atomic E-state index is 12.4. The van der Waals surface area contributed by atoms with Crippen LogP contribution in [0.3, 0.4) is 0 Å². The molecule has 2 aromatic carbocycles. The summed E-state index contributed by atoms with van der Waals surface area (Å²) >= 11 is 0. The molecule has 0 N–H and O–H groups in total. The molecule has 1 aliphatic rings. The highest BCUT2D eigenvalue weighted by Gasteiger charge is 2.47. The number of hydrogen-bond acceptors (Lipinski definition) is 8. The SMILES string of the molecule is O=[N+]([O-])C1(OS(=O)(=O)Cc2ccccc2)C=CC(OS(=O)(=O)c2ccccc2)=CC1. The van der Waals surface area contributed by atoms with Gasteiger partial charge >= 0.3 is 15.8 Å². The summed E-state index contributed by atoms with van der Waals surface area (Å²) in [4.78, 5) is 10.6. The van der Waals surface area contributed by atoms with Crippen LogP contribution >= 0.6 is 0 Å². The van der Waals surface area contributed by atoms with Crippen LogP contribution in [0.2, 0.25) is 0 Å². The molecule has 0 fully saturated rings. The molecular formula is C19H17NO8S2. The van der Waals surface area contributed by atoms with Crippen LogP contribution in [-0.2, 0) is 34.4 Å². The van der Waals surface area contributed by atoms with Crippen molar-refractivity contribution in [2.24, 2.45) is 0 Å². The number of nitrogens with zero attached hydrogens (tertiary/aromatic N) is 1. The Kier molecular flexibility index (Phi) is 6.06. The molecule has 0 bridgehead atoms. The third-order valence-corrected chi connectivity index (χ3v) is 6.60. The summed E-state index contributed by atoms with van der Waals surface area (Å²) < 4.78 is 59.2. The first-order valence-corrected chi connectivity index (χ1v) is 11.6. The molecule has 1 aliphatic carbocycles. The van der Waals surface area contributed by atoms with Crippen molar-refractivity contribution in [1.82, 2.24) is 0 Å². The number of hydrogen-bond donors (Lipinski definition) is 0. The van der Waals surface area contributed by atoms with E-state index in [1.165, 1.54) is 24.3 Å². The van der Waals surface area contributed by atoms with Gasteiger partial charge in [-0.25, -0.2) is 0 Å². The van der Waals surface area contributed by atoms with Crippen molar-refractivity contribution in [2.75, 3.05) is 0 Å². The van der Waals surface area contributed by atoms with Gasteiger partial charge in [-0.3, -0.25) is 10.1 Å². The van der Waals surface area contributed by atoms with Gasteiger partial charge in [-0.1, -0.05) is 48.5 Å². The molecule has 3 rings (SSSR count). The van der Waals surface area contributed by atoms with E-state index in [0.717, 1.165) is 18.2 Å². The summed E-state index contributed by atoms with van der Waals surface area (Å²) in [7, 11) is -8.46. The van der Waals surface area contributed by atoms with E-state index >= 15 is 0 Å². The lowest BCUT2D eigenvalue weighted by molar-refractivity contribution is -0.598. The van der Waals surface area contributed by atoms with Gasteiger partial charge in [0.1, 0.15) is 16.4 Å². The number of benzene rings is 2. The summed E-state index contributed by atoms with van der Waals surface area (Å²) in [6.45, 7) is 0. The Hall–Kier alpha value is -3.02. The molecule has 9 nitrogen and oxygen atoms in total. The Morgan fingerprint density at radius 1 is 0.967 bits per heavy atom. The smallest absolute Gasteiger partial charge is 0.362 e. The highest BCUT2D eigenvalue weighted by molar-refractivity contribution is 7.87. The molecule has 0 heterocycles. The van der Waals surface area contributed by atoms with Crippen LogP contribution in [-0.4, -0.2) is 27.5 Å². The molecule has 0 spiro atoms. The largest absolute Gasteiger partial charge is 0.379 e. The van der Waals surface area contributed by atoms with Crippen molar-refractivity contribution >= 4 is 20.2 Å². The molecule has 0 aliphatic heterocycles. The van der Waals surface area contributed by atoms with Gasteiger partial charge in [0.05, 0.1) is 11.3 Å². The second kappa shape index (κ2) is 8.38. The van der Waals surface area contributed by atoms with Gasteiger partial charge in [-0.15, -0.1) is 0 Å². The summed E-state index contributed by atoms with van der Waals surface area (Å²) in [5.74, 6) is -0.729. The summed E-state index contributed by atoms with van der Waals surface area (Å²) in [5, 5.41) is 11.6.